The standard InChI is InChI=1S/C14H20N2O/c1-11-8-13-9-12(2-3-14(13)17-11)10-16-6-4-15-5-7-16/h2-3,9,11,15H,4-8,10H2,1H3. The molecule has 3 heteroatoms. The fraction of sp³-hybridized carbons (Fsp3) is 0.571. The van der Waals surface area contributed by atoms with E-state index in [1.807, 2.05) is 0 Å². The Balaban J connectivity index is 1.69. The van der Waals surface area contributed by atoms with Crippen molar-refractivity contribution in [1.29, 1.82) is 0 Å². The second-order valence-electron chi connectivity index (χ2n) is 5.10. The lowest BCUT2D eigenvalue weighted by Crippen LogP contribution is -2.42. The molecule has 0 radical (unpaired) electrons. The van der Waals surface area contributed by atoms with Crippen LogP contribution in [-0.4, -0.2) is 37.2 Å². The Bertz CT molecular complexity index is 399. The second-order valence-corrected chi connectivity index (χ2v) is 5.10. The van der Waals surface area contributed by atoms with Gasteiger partial charge in [-0.1, -0.05) is 12.1 Å². The molecule has 2 aliphatic heterocycles. The highest BCUT2D eigenvalue weighted by Crippen LogP contribution is 2.29. The number of ether oxygens (including phenoxy) is 1. The molecule has 0 saturated carbocycles. The van der Waals surface area contributed by atoms with Crippen LogP contribution in [0.25, 0.3) is 0 Å². The Labute approximate surface area is 103 Å². The van der Waals surface area contributed by atoms with Crippen LogP contribution in [-0.2, 0) is 13.0 Å². The van der Waals surface area contributed by atoms with E-state index in [0.717, 1.165) is 44.9 Å². The molecule has 2 heterocycles. The SMILES string of the molecule is CC1Cc2cc(CN3CCNCC3)ccc2O1. The van der Waals surface area contributed by atoms with Crippen molar-refractivity contribution in [3.8, 4) is 5.75 Å². The van der Waals surface area contributed by atoms with E-state index in [2.05, 4.69) is 35.3 Å². The van der Waals surface area contributed by atoms with Gasteiger partial charge in [-0.2, -0.15) is 0 Å². The lowest BCUT2D eigenvalue weighted by atomic mass is 10.1. The molecule has 0 aromatic heterocycles. The van der Waals surface area contributed by atoms with Crippen molar-refractivity contribution in [3.63, 3.8) is 0 Å². The molecular weight excluding hydrogens is 212 g/mol. The third kappa shape index (κ3) is 2.45. The van der Waals surface area contributed by atoms with Crippen molar-refractivity contribution in [3.05, 3.63) is 29.3 Å². The Kier molecular flexibility index (Phi) is 3.04. The summed E-state index contributed by atoms with van der Waals surface area (Å²) in [5.74, 6) is 1.08. The van der Waals surface area contributed by atoms with Gasteiger partial charge in [0.25, 0.3) is 0 Å². The largest absolute Gasteiger partial charge is 0.490 e. The topological polar surface area (TPSA) is 24.5 Å². The summed E-state index contributed by atoms with van der Waals surface area (Å²) in [5, 5.41) is 3.39. The normalized spacial score (nSPS) is 24.4. The maximum Gasteiger partial charge on any atom is 0.123 e. The number of hydrogen-bond donors (Lipinski definition) is 1. The Hall–Kier alpha value is -1.06. The number of hydrogen-bond acceptors (Lipinski definition) is 3. The summed E-state index contributed by atoms with van der Waals surface area (Å²) in [7, 11) is 0. The molecule has 1 unspecified atom stereocenters. The number of rotatable bonds is 2. The van der Waals surface area contributed by atoms with Crippen molar-refractivity contribution < 1.29 is 4.74 Å². The molecule has 1 aromatic carbocycles. The molecule has 3 rings (SSSR count). The van der Waals surface area contributed by atoms with Gasteiger partial charge in [0.15, 0.2) is 0 Å². The molecule has 2 aliphatic rings. The summed E-state index contributed by atoms with van der Waals surface area (Å²) < 4.78 is 5.73. The molecule has 0 bridgehead atoms. The average Bonchev–Trinajstić information content (AvgIpc) is 2.70. The molecule has 1 fully saturated rings. The van der Waals surface area contributed by atoms with E-state index in [9.17, 15) is 0 Å². The molecule has 3 nitrogen and oxygen atoms in total. The first-order valence-electron chi connectivity index (χ1n) is 6.53. The van der Waals surface area contributed by atoms with E-state index in [1.54, 1.807) is 0 Å². The van der Waals surface area contributed by atoms with Gasteiger partial charge in [-0.3, -0.25) is 4.90 Å². The van der Waals surface area contributed by atoms with E-state index in [4.69, 9.17) is 4.74 Å². The number of nitrogens with one attached hydrogen (secondary N) is 1. The van der Waals surface area contributed by atoms with Crippen LogP contribution in [0, 0.1) is 0 Å². The summed E-state index contributed by atoms with van der Waals surface area (Å²) >= 11 is 0. The fourth-order valence-electron chi connectivity index (χ4n) is 2.70. The van der Waals surface area contributed by atoms with E-state index < -0.39 is 0 Å². The molecule has 1 atom stereocenters. The predicted octanol–water partition coefficient (Wildman–Crippen LogP) is 1.42. The first-order chi connectivity index (χ1) is 8.31. The minimum Gasteiger partial charge on any atom is -0.490 e. The van der Waals surface area contributed by atoms with Crippen LogP contribution in [0.15, 0.2) is 18.2 Å². The first-order valence-corrected chi connectivity index (χ1v) is 6.53. The van der Waals surface area contributed by atoms with Gasteiger partial charge >= 0.3 is 0 Å². The average molecular weight is 232 g/mol. The van der Waals surface area contributed by atoms with Gasteiger partial charge in [-0.25, -0.2) is 0 Å². The maximum absolute atomic E-state index is 5.73. The van der Waals surface area contributed by atoms with E-state index in [-0.39, 0.29) is 0 Å². The molecule has 0 amide bonds. The van der Waals surface area contributed by atoms with Gasteiger partial charge < -0.3 is 10.1 Å². The zero-order valence-electron chi connectivity index (χ0n) is 10.4. The van der Waals surface area contributed by atoms with Crippen LogP contribution < -0.4 is 10.1 Å². The lowest BCUT2D eigenvalue weighted by Gasteiger charge is -2.27. The summed E-state index contributed by atoms with van der Waals surface area (Å²) in [6.07, 6.45) is 1.41. The van der Waals surface area contributed by atoms with E-state index in [1.165, 1.54) is 11.1 Å². The third-order valence-electron chi connectivity index (χ3n) is 3.58. The van der Waals surface area contributed by atoms with Crippen LogP contribution in [0.1, 0.15) is 18.1 Å². The van der Waals surface area contributed by atoms with Crippen LogP contribution in [0.3, 0.4) is 0 Å². The van der Waals surface area contributed by atoms with Crippen molar-refractivity contribution in [2.75, 3.05) is 26.2 Å². The van der Waals surface area contributed by atoms with Gasteiger partial charge in [0.2, 0.25) is 0 Å². The predicted molar refractivity (Wildman–Crippen MR) is 68.4 cm³/mol. The Morgan fingerprint density at radius 1 is 1.35 bits per heavy atom. The van der Waals surface area contributed by atoms with Gasteiger partial charge in [-0.05, 0) is 24.1 Å². The monoisotopic (exact) mass is 232 g/mol. The van der Waals surface area contributed by atoms with Gasteiger partial charge in [0.1, 0.15) is 11.9 Å². The summed E-state index contributed by atoms with van der Waals surface area (Å²) in [6, 6.07) is 6.66. The Morgan fingerprint density at radius 3 is 3.00 bits per heavy atom. The summed E-state index contributed by atoms with van der Waals surface area (Å²) in [6.45, 7) is 7.75. The van der Waals surface area contributed by atoms with Gasteiger partial charge in [0.05, 0.1) is 0 Å². The number of benzene rings is 1. The minimum atomic E-state index is 0.347. The number of fused-ring (bicyclic) bond motifs is 1. The molecule has 0 spiro atoms. The molecule has 1 saturated heterocycles. The quantitative estimate of drug-likeness (QED) is 0.834. The van der Waals surface area contributed by atoms with Crippen molar-refractivity contribution in [2.24, 2.45) is 0 Å². The number of nitrogens with zero attached hydrogens (tertiary/aromatic N) is 1. The third-order valence-corrected chi connectivity index (χ3v) is 3.58. The Morgan fingerprint density at radius 2 is 2.18 bits per heavy atom. The molecule has 17 heavy (non-hydrogen) atoms. The summed E-state index contributed by atoms with van der Waals surface area (Å²) in [5.41, 5.74) is 2.80. The molecule has 1 aromatic rings. The van der Waals surface area contributed by atoms with Crippen LogP contribution in [0.2, 0.25) is 0 Å². The van der Waals surface area contributed by atoms with Crippen LogP contribution in [0.4, 0.5) is 0 Å². The number of piperazine rings is 1. The highest BCUT2D eigenvalue weighted by atomic mass is 16.5. The van der Waals surface area contributed by atoms with Gasteiger partial charge in [0, 0.05) is 39.1 Å². The van der Waals surface area contributed by atoms with Gasteiger partial charge in [-0.15, -0.1) is 0 Å². The fourth-order valence-corrected chi connectivity index (χ4v) is 2.70. The van der Waals surface area contributed by atoms with E-state index in [0.29, 0.717) is 6.10 Å². The maximum atomic E-state index is 5.73. The zero-order valence-corrected chi connectivity index (χ0v) is 10.4. The highest BCUT2D eigenvalue weighted by Gasteiger charge is 2.19. The first kappa shape index (κ1) is 11.1. The summed E-state index contributed by atoms with van der Waals surface area (Å²) in [4.78, 5) is 2.51. The smallest absolute Gasteiger partial charge is 0.123 e. The van der Waals surface area contributed by atoms with Crippen LogP contribution >= 0.6 is 0 Å². The van der Waals surface area contributed by atoms with Crippen molar-refractivity contribution in [2.45, 2.75) is 26.0 Å². The second kappa shape index (κ2) is 4.67. The lowest BCUT2D eigenvalue weighted by molar-refractivity contribution is 0.233. The zero-order chi connectivity index (χ0) is 11.7. The highest BCUT2D eigenvalue weighted by molar-refractivity contribution is 5.40. The minimum absolute atomic E-state index is 0.347. The van der Waals surface area contributed by atoms with Crippen molar-refractivity contribution in [1.82, 2.24) is 10.2 Å². The molecular formula is C14H20N2O. The molecule has 92 valence electrons. The van der Waals surface area contributed by atoms with Crippen molar-refractivity contribution >= 4 is 0 Å². The molecule has 0 aliphatic carbocycles. The molecule has 1 N–H and O–H groups in total. The van der Waals surface area contributed by atoms with Crippen LogP contribution in [0.5, 0.6) is 5.75 Å². The van der Waals surface area contributed by atoms with E-state index >= 15 is 0 Å².